The van der Waals surface area contributed by atoms with Crippen molar-refractivity contribution in [1.82, 2.24) is 0 Å². The summed E-state index contributed by atoms with van der Waals surface area (Å²) in [5, 5.41) is 20.6. The average molecular weight is 143 g/mol. The fourth-order valence-corrected chi connectivity index (χ4v) is 1.45. The van der Waals surface area contributed by atoms with Gasteiger partial charge in [0.25, 0.3) is 0 Å². The van der Waals surface area contributed by atoms with Gasteiger partial charge in [0.15, 0.2) is 0 Å². The lowest BCUT2D eigenvalue weighted by Crippen LogP contribution is -2.24. The molecule has 0 radical (unpaired) electrons. The van der Waals surface area contributed by atoms with Gasteiger partial charge < -0.3 is 10.3 Å². The van der Waals surface area contributed by atoms with Crippen molar-refractivity contribution >= 4 is 6.21 Å². The number of hydrogen-bond acceptors (Lipinski definition) is 3. The van der Waals surface area contributed by atoms with Crippen molar-refractivity contribution in [2.24, 2.45) is 5.16 Å². The van der Waals surface area contributed by atoms with Crippen molar-refractivity contribution < 1.29 is 10.3 Å². The molecule has 0 aliphatic heterocycles. The van der Waals surface area contributed by atoms with Crippen molar-refractivity contribution in [2.45, 2.75) is 37.7 Å². The maximum atomic E-state index is 9.62. The molecule has 1 aliphatic carbocycles. The molecule has 0 aromatic heterocycles. The highest BCUT2D eigenvalue weighted by molar-refractivity contribution is 5.57. The van der Waals surface area contributed by atoms with E-state index in [-0.39, 0.29) is 0 Å². The van der Waals surface area contributed by atoms with Crippen molar-refractivity contribution in [3.05, 3.63) is 0 Å². The zero-order valence-electron chi connectivity index (χ0n) is 5.95. The predicted molar refractivity (Wildman–Crippen MR) is 38.3 cm³/mol. The van der Waals surface area contributed by atoms with Crippen molar-refractivity contribution in [3.8, 4) is 0 Å². The first-order chi connectivity index (χ1) is 4.77. The van der Waals surface area contributed by atoms with Crippen LogP contribution in [-0.2, 0) is 0 Å². The summed E-state index contributed by atoms with van der Waals surface area (Å²) in [6.07, 6.45) is 5.73. The largest absolute Gasteiger partial charge is 0.411 e. The molecule has 3 nitrogen and oxygen atoms in total. The van der Waals surface area contributed by atoms with Crippen LogP contribution in [0.3, 0.4) is 0 Å². The molecule has 3 heteroatoms. The highest BCUT2D eigenvalue weighted by atomic mass is 16.4. The zero-order valence-corrected chi connectivity index (χ0v) is 5.95. The molecule has 0 bridgehead atoms. The summed E-state index contributed by atoms with van der Waals surface area (Å²) < 4.78 is 0. The smallest absolute Gasteiger partial charge is 0.0698 e. The summed E-state index contributed by atoms with van der Waals surface area (Å²) in [6.45, 7) is 0. The number of aliphatic hydroxyl groups is 1. The maximum Gasteiger partial charge on any atom is 0.0698 e. The lowest BCUT2D eigenvalue weighted by molar-refractivity contribution is 0.0559. The monoisotopic (exact) mass is 143 g/mol. The van der Waals surface area contributed by atoms with Crippen LogP contribution in [0.25, 0.3) is 0 Å². The summed E-state index contributed by atoms with van der Waals surface area (Å²) in [5.74, 6) is 0. The Hall–Kier alpha value is -0.570. The molecule has 0 saturated heterocycles. The molecule has 1 fully saturated rings. The highest BCUT2D eigenvalue weighted by Gasteiger charge is 2.29. The molecule has 0 aromatic carbocycles. The maximum absolute atomic E-state index is 9.62. The third-order valence-corrected chi connectivity index (χ3v) is 2.09. The van der Waals surface area contributed by atoms with Crippen LogP contribution in [0.2, 0.25) is 0 Å². The Morgan fingerprint density at radius 3 is 2.50 bits per heavy atom. The summed E-state index contributed by atoms with van der Waals surface area (Å²) >= 11 is 0. The van der Waals surface area contributed by atoms with Gasteiger partial charge in [0.05, 0.1) is 5.60 Å². The van der Waals surface area contributed by atoms with Crippen molar-refractivity contribution in [1.29, 1.82) is 0 Å². The highest BCUT2D eigenvalue weighted by Crippen LogP contribution is 2.31. The standard InChI is InChI=1S/C7H13NO2/c9-7(5-6-8-10)3-1-2-4-7/h6,9-10H,1-5H2. The van der Waals surface area contributed by atoms with Gasteiger partial charge in [-0.3, -0.25) is 0 Å². The minimum Gasteiger partial charge on any atom is -0.411 e. The third-order valence-electron chi connectivity index (χ3n) is 2.09. The van der Waals surface area contributed by atoms with Crippen LogP contribution < -0.4 is 0 Å². The van der Waals surface area contributed by atoms with Crippen LogP contribution in [-0.4, -0.2) is 22.1 Å². The van der Waals surface area contributed by atoms with Crippen LogP contribution in [0.4, 0.5) is 0 Å². The minimum absolute atomic E-state index is 0.490. The van der Waals surface area contributed by atoms with Crippen LogP contribution in [0.1, 0.15) is 32.1 Å². The van der Waals surface area contributed by atoms with E-state index in [9.17, 15) is 5.11 Å². The Labute approximate surface area is 60.4 Å². The molecule has 0 atom stereocenters. The van der Waals surface area contributed by atoms with Gasteiger partial charge in [0.2, 0.25) is 0 Å². The predicted octanol–water partition coefficient (Wildman–Crippen LogP) is 1.14. The number of hydrogen-bond donors (Lipinski definition) is 2. The second-order valence-corrected chi connectivity index (χ2v) is 2.93. The second-order valence-electron chi connectivity index (χ2n) is 2.93. The van der Waals surface area contributed by atoms with E-state index >= 15 is 0 Å². The Morgan fingerprint density at radius 1 is 1.40 bits per heavy atom. The minimum atomic E-state index is -0.563. The van der Waals surface area contributed by atoms with Gasteiger partial charge >= 0.3 is 0 Å². The molecule has 0 spiro atoms. The van der Waals surface area contributed by atoms with E-state index in [2.05, 4.69) is 5.16 Å². The Morgan fingerprint density at radius 2 is 2.00 bits per heavy atom. The number of nitrogens with zero attached hydrogens (tertiary/aromatic N) is 1. The first-order valence-corrected chi connectivity index (χ1v) is 3.65. The van der Waals surface area contributed by atoms with Crippen LogP contribution in [0, 0.1) is 0 Å². The van der Waals surface area contributed by atoms with Gasteiger partial charge in [-0.2, -0.15) is 0 Å². The molecule has 2 N–H and O–H groups in total. The van der Waals surface area contributed by atoms with E-state index in [0.29, 0.717) is 6.42 Å². The molecule has 10 heavy (non-hydrogen) atoms. The summed E-state index contributed by atoms with van der Waals surface area (Å²) in [4.78, 5) is 0. The molecule has 0 amide bonds. The molecule has 1 saturated carbocycles. The summed E-state index contributed by atoms with van der Waals surface area (Å²) in [5.41, 5.74) is -0.563. The van der Waals surface area contributed by atoms with E-state index in [4.69, 9.17) is 5.21 Å². The average Bonchev–Trinajstić information content (AvgIpc) is 2.33. The second kappa shape index (κ2) is 3.01. The van der Waals surface area contributed by atoms with E-state index in [1.165, 1.54) is 6.21 Å². The van der Waals surface area contributed by atoms with Gasteiger partial charge in [0.1, 0.15) is 0 Å². The summed E-state index contributed by atoms with van der Waals surface area (Å²) in [6, 6.07) is 0. The van der Waals surface area contributed by atoms with Gasteiger partial charge in [-0.05, 0) is 12.8 Å². The van der Waals surface area contributed by atoms with Gasteiger partial charge in [-0.1, -0.05) is 12.8 Å². The quantitative estimate of drug-likeness (QED) is 0.346. The fourth-order valence-electron chi connectivity index (χ4n) is 1.45. The molecule has 0 aromatic rings. The van der Waals surface area contributed by atoms with E-state index < -0.39 is 5.60 Å². The first-order valence-electron chi connectivity index (χ1n) is 3.65. The topological polar surface area (TPSA) is 52.8 Å². The number of rotatable bonds is 2. The Kier molecular flexibility index (Phi) is 2.27. The lowest BCUT2D eigenvalue weighted by atomic mass is 9.99. The Balaban J connectivity index is 2.35. The van der Waals surface area contributed by atoms with Crippen molar-refractivity contribution in [2.75, 3.05) is 0 Å². The third kappa shape index (κ3) is 1.70. The van der Waals surface area contributed by atoms with Gasteiger partial charge in [-0.25, -0.2) is 0 Å². The first kappa shape index (κ1) is 7.54. The lowest BCUT2D eigenvalue weighted by Gasteiger charge is -2.18. The Bertz CT molecular complexity index is 128. The van der Waals surface area contributed by atoms with Crippen LogP contribution >= 0.6 is 0 Å². The zero-order chi connectivity index (χ0) is 7.45. The van der Waals surface area contributed by atoms with E-state index in [1.807, 2.05) is 0 Å². The van der Waals surface area contributed by atoms with Crippen LogP contribution in [0.5, 0.6) is 0 Å². The fraction of sp³-hybridized carbons (Fsp3) is 0.857. The van der Waals surface area contributed by atoms with Crippen LogP contribution in [0.15, 0.2) is 5.16 Å². The molecular weight excluding hydrogens is 130 g/mol. The normalized spacial score (nSPS) is 24.1. The van der Waals surface area contributed by atoms with E-state index in [1.54, 1.807) is 0 Å². The summed E-state index contributed by atoms with van der Waals surface area (Å²) in [7, 11) is 0. The van der Waals surface area contributed by atoms with Gasteiger partial charge in [-0.15, -0.1) is 5.16 Å². The molecular formula is C7H13NO2. The SMILES string of the molecule is ON=CCC1(O)CCCC1. The number of oxime groups is 1. The molecule has 1 rings (SSSR count). The molecule has 0 heterocycles. The van der Waals surface area contributed by atoms with E-state index in [0.717, 1.165) is 25.7 Å². The molecule has 1 aliphatic rings. The molecule has 0 unspecified atom stereocenters. The molecule has 58 valence electrons. The van der Waals surface area contributed by atoms with Gasteiger partial charge in [0, 0.05) is 12.6 Å². The van der Waals surface area contributed by atoms with Crippen molar-refractivity contribution in [3.63, 3.8) is 0 Å².